The van der Waals surface area contributed by atoms with E-state index in [-0.39, 0.29) is 21.0 Å². The second-order valence-electron chi connectivity index (χ2n) is 7.25. The highest BCUT2D eigenvalue weighted by Crippen LogP contribution is 2.31. The van der Waals surface area contributed by atoms with Crippen LogP contribution in [0.1, 0.15) is 22.5 Å². The summed E-state index contributed by atoms with van der Waals surface area (Å²) in [6.45, 7) is 5.78. The van der Waals surface area contributed by atoms with Gasteiger partial charge in [0.05, 0.1) is 5.57 Å². The number of aromatic nitrogens is 1. The molecule has 4 rings (SSSR count). The van der Waals surface area contributed by atoms with Crippen molar-refractivity contribution in [1.82, 2.24) is 9.58 Å². The summed E-state index contributed by atoms with van der Waals surface area (Å²) in [7, 11) is -3.58. The van der Waals surface area contributed by atoms with Gasteiger partial charge in [0.2, 0.25) is 19.4 Å². The van der Waals surface area contributed by atoms with E-state index in [4.69, 9.17) is 17.0 Å². The Morgan fingerprint density at radius 3 is 2.55 bits per heavy atom. The first-order chi connectivity index (χ1) is 14.5. The maximum Gasteiger partial charge on any atom is 0.283 e. The third-order valence-corrected chi connectivity index (χ3v) is 7.92. The molecular weight excluding hydrogens is 458 g/mol. The number of carbonyl (C=O) groups excluding carboxylic acids is 1. The number of aryl methyl sites for hydroxylation is 2. The van der Waals surface area contributed by atoms with Crippen LogP contribution in [0.5, 0.6) is 0 Å². The molecule has 1 aromatic heterocycles. The van der Waals surface area contributed by atoms with E-state index < -0.39 is 15.7 Å². The number of amides is 1. The molecule has 2 aliphatic rings. The third kappa shape index (κ3) is 3.75. The second kappa shape index (κ2) is 7.47. The highest BCUT2D eigenvalue weighted by Gasteiger charge is 2.38. The first-order valence-electron chi connectivity index (χ1n) is 9.13. The normalized spacial score (nSPS) is 17.8. The third-order valence-electron chi connectivity index (χ3n) is 4.94. The van der Waals surface area contributed by atoms with E-state index in [1.807, 2.05) is 49.6 Å². The van der Waals surface area contributed by atoms with Crippen LogP contribution >= 0.6 is 23.4 Å². The number of amidine groups is 2. The van der Waals surface area contributed by atoms with Gasteiger partial charge in [-0.05, 0) is 67.9 Å². The maximum absolute atomic E-state index is 12.6. The first-order valence-corrected chi connectivity index (χ1v) is 12.2. The fraction of sp³-hybridized carbons (Fsp3) is 0.200. The van der Waals surface area contributed by atoms with Gasteiger partial charge in [0.25, 0.3) is 5.91 Å². The van der Waals surface area contributed by atoms with E-state index in [2.05, 4.69) is 10.1 Å². The lowest BCUT2D eigenvalue weighted by atomic mass is 10.1. The Hall–Kier alpha value is -2.69. The topological polar surface area (TPSA) is 108 Å². The minimum absolute atomic E-state index is 0.0324. The predicted octanol–water partition coefficient (Wildman–Crippen LogP) is 3.68. The number of fused-ring (bicyclic) bond motifs is 1. The number of aliphatic imine (C=N–C) groups is 1. The van der Waals surface area contributed by atoms with Gasteiger partial charge in [-0.2, -0.15) is 10.0 Å². The van der Waals surface area contributed by atoms with E-state index >= 15 is 0 Å². The molecule has 1 N–H and O–H groups in total. The standard InChI is InChI=1S/C20H18ClN5O3S2/c1-10-5-6-14(9-16(10)21)25-11(2)7-13(12(25)3)8-15-17(22)26-19(23-18(15)27)30-20(24-26)31(4,28)29/h5-9,22H,1-4H3/b15-8+,22-17?. The number of rotatable bonds is 2. The van der Waals surface area contributed by atoms with Crippen molar-refractivity contribution in [2.75, 3.05) is 6.26 Å². The van der Waals surface area contributed by atoms with Gasteiger partial charge in [-0.25, -0.2) is 8.42 Å². The van der Waals surface area contributed by atoms with E-state index in [0.717, 1.165) is 51.2 Å². The van der Waals surface area contributed by atoms with Crippen LogP contribution < -0.4 is 0 Å². The summed E-state index contributed by atoms with van der Waals surface area (Å²) >= 11 is 7.05. The van der Waals surface area contributed by atoms with Crippen molar-refractivity contribution in [2.45, 2.75) is 20.8 Å². The number of sulfone groups is 1. The number of benzene rings is 1. The van der Waals surface area contributed by atoms with Crippen molar-refractivity contribution in [1.29, 1.82) is 5.41 Å². The average molecular weight is 476 g/mol. The van der Waals surface area contributed by atoms with Crippen molar-refractivity contribution in [2.24, 2.45) is 10.1 Å². The summed E-state index contributed by atoms with van der Waals surface area (Å²) < 4.78 is 25.4. The predicted molar refractivity (Wildman–Crippen MR) is 125 cm³/mol. The summed E-state index contributed by atoms with van der Waals surface area (Å²) in [5.74, 6) is -0.832. The highest BCUT2D eigenvalue weighted by atomic mass is 35.5. The molecule has 1 aromatic carbocycles. The molecular formula is C20H18ClN5O3S2. The van der Waals surface area contributed by atoms with Crippen LogP contribution in [0.3, 0.4) is 0 Å². The van der Waals surface area contributed by atoms with E-state index in [0.29, 0.717) is 5.02 Å². The lowest BCUT2D eigenvalue weighted by molar-refractivity contribution is -0.114. The van der Waals surface area contributed by atoms with Gasteiger partial charge < -0.3 is 4.57 Å². The Bertz CT molecular complexity index is 1370. The molecule has 31 heavy (non-hydrogen) atoms. The molecule has 2 aliphatic heterocycles. The molecule has 2 aromatic rings. The fourth-order valence-corrected chi connectivity index (χ4v) is 5.19. The zero-order valence-corrected chi connectivity index (χ0v) is 19.5. The molecule has 0 bridgehead atoms. The van der Waals surface area contributed by atoms with E-state index in [9.17, 15) is 13.2 Å². The van der Waals surface area contributed by atoms with Crippen LogP contribution in [0.2, 0.25) is 5.02 Å². The molecule has 0 atom stereocenters. The number of hydrogen-bond acceptors (Lipinski definition) is 6. The molecule has 160 valence electrons. The van der Waals surface area contributed by atoms with Gasteiger partial charge in [-0.3, -0.25) is 10.2 Å². The van der Waals surface area contributed by atoms with Gasteiger partial charge in [-0.15, -0.1) is 5.10 Å². The number of nitrogens with one attached hydrogen (secondary N) is 1. The molecule has 0 saturated heterocycles. The van der Waals surface area contributed by atoms with Crippen LogP contribution in [0.4, 0.5) is 0 Å². The molecule has 0 unspecified atom stereocenters. The summed E-state index contributed by atoms with van der Waals surface area (Å²) in [5, 5.41) is 14.2. The van der Waals surface area contributed by atoms with Gasteiger partial charge in [0, 0.05) is 28.4 Å². The largest absolute Gasteiger partial charge is 0.318 e. The molecule has 1 amide bonds. The molecule has 0 saturated carbocycles. The van der Waals surface area contributed by atoms with Crippen LogP contribution in [-0.2, 0) is 14.6 Å². The average Bonchev–Trinajstić information content (AvgIpc) is 3.22. The summed E-state index contributed by atoms with van der Waals surface area (Å²) in [6.07, 6.45) is 2.60. The summed E-state index contributed by atoms with van der Waals surface area (Å²) in [5.41, 5.74) is 4.42. The monoisotopic (exact) mass is 475 g/mol. The number of thioether (sulfide) groups is 1. The lowest BCUT2D eigenvalue weighted by Crippen LogP contribution is -2.35. The molecule has 0 aliphatic carbocycles. The SMILES string of the molecule is Cc1ccc(-n2c(C)cc(/C=C3\C(=N)N4N=C(S(C)(=O)=O)SC4=NC3=O)c2C)cc1Cl. The van der Waals surface area contributed by atoms with Crippen LogP contribution in [-0.4, -0.2) is 45.5 Å². The van der Waals surface area contributed by atoms with Gasteiger partial charge in [-0.1, -0.05) is 17.7 Å². The smallest absolute Gasteiger partial charge is 0.283 e. The second-order valence-corrected chi connectivity index (χ2v) is 10.8. The number of nitrogens with zero attached hydrogens (tertiary/aromatic N) is 4. The van der Waals surface area contributed by atoms with Crippen LogP contribution in [0.15, 0.2) is 39.9 Å². The minimum atomic E-state index is -3.58. The summed E-state index contributed by atoms with van der Waals surface area (Å²) in [6, 6.07) is 7.68. The van der Waals surface area contributed by atoms with Crippen molar-refractivity contribution in [3.05, 3.63) is 57.4 Å². The molecule has 0 radical (unpaired) electrons. The number of carbonyl (C=O) groups is 1. The number of halogens is 1. The number of hydrazone groups is 1. The van der Waals surface area contributed by atoms with Crippen molar-refractivity contribution < 1.29 is 13.2 Å². The Labute approximate surface area is 188 Å². The van der Waals surface area contributed by atoms with Crippen LogP contribution in [0, 0.1) is 26.2 Å². The zero-order chi connectivity index (χ0) is 22.7. The molecule has 0 fully saturated rings. The Balaban J connectivity index is 1.76. The number of hydrogen-bond donors (Lipinski definition) is 1. The highest BCUT2D eigenvalue weighted by molar-refractivity contribution is 8.42. The van der Waals surface area contributed by atoms with E-state index in [1.165, 1.54) is 0 Å². The molecule has 8 nitrogen and oxygen atoms in total. The Kier molecular flexibility index (Phi) is 5.19. The fourth-order valence-electron chi connectivity index (χ4n) is 3.33. The Morgan fingerprint density at radius 2 is 1.90 bits per heavy atom. The minimum Gasteiger partial charge on any atom is -0.318 e. The maximum atomic E-state index is 12.6. The molecule has 3 heterocycles. The van der Waals surface area contributed by atoms with Crippen molar-refractivity contribution in [3.63, 3.8) is 0 Å². The van der Waals surface area contributed by atoms with E-state index in [1.54, 1.807) is 6.08 Å². The van der Waals surface area contributed by atoms with Gasteiger partial charge >= 0.3 is 0 Å². The zero-order valence-electron chi connectivity index (χ0n) is 17.1. The van der Waals surface area contributed by atoms with Crippen molar-refractivity contribution >= 4 is 60.6 Å². The van der Waals surface area contributed by atoms with Crippen LogP contribution in [0.25, 0.3) is 11.8 Å². The first kappa shape index (κ1) is 21.5. The van der Waals surface area contributed by atoms with Gasteiger partial charge in [0.15, 0.2) is 5.84 Å². The van der Waals surface area contributed by atoms with Gasteiger partial charge in [0.1, 0.15) is 0 Å². The summed E-state index contributed by atoms with van der Waals surface area (Å²) in [4.78, 5) is 16.5. The lowest BCUT2D eigenvalue weighted by Gasteiger charge is -2.20. The molecule has 11 heteroatoms. The molecule has 0 spiro atoms. The quantitative estimate of drug-likeness (QED) is 0.666. The Morgan fingerprint density at radius 1 is 1.19 bits per heavy atom. The van der Waals surface area contributed by atoms with Crippen molar-refractivity contribution in [3.8, 4) is 5.69 Å².